The molecule has 0 saturated carbocycles. The van der Waals surface area contributed by atoms with Crippen LogP contribution in [0.2, 0.25) is 0 Å². The van der Waals surface area contributed by atoms with Crippen LogP contribution in [0.25, 0.3) is 11.7 Å². The molecule has 2 aromatic rings. The zero-order chi connectivity index (χ0) is 9.26. The number of rotatable bonds is 2. The first-order chi connectivity index (χ1) is 6.29. The summed E-state index contributed by atoms with van der Waals surface area (Å²) in [5, 5.41) is 8.75. The number of aromatic nitrogens is 1. The lowest BCUT2D eigenvalue weighted by Crippen LogP contribution is -1.81. The lowest BCUT2D eigenvalue weighted by Gasteiger charge is -1.86. The molecule has 0 saturated heterocycles. The molecule has 0 unspecified atom stereocenters. The van der Waals surface area contributed by atoms with Crippen molar-refractivity contribution in [3.8, 4) is 11.7 Å². The van der Waals surface area contributed by atoms with Crippen LogP contribution in [0, 0.1) is 6.92 Å². The van der Waals surface area contributed by atoms with Gasteiger partial charge in [0.15, 0.2) is 5.76 Å². The quantitative estimate of drug-likeness (QED) is 0.762. The predicted molar refractivity (Wildman–Crippen MR) is 44.9 cm³/mol. The van der Waals surface area contributed by atoms with Crippen molar-refractivity contribution in [2.24, 2.45) is 0 Å². The maximum Gasteiger partial charge on any atom is 0.263 e. The third-order valence-electron chi connectivity index (χ3n) is 1.66. The smallest absolute Gasteiger partial charge is 0.263 e. The molecule has 2 rings (SSSR count). The van der Waals surface area contributed by atoms with Gasteiger partial charge >= 0.3 is 0 Å². The number of hydrogen-bond acceptors (Lipinski definition) is 4. The molecule has 2 heterocycles. The second-order valence-electron chi connectivity index (χ2n) is 2.71. The fourth-order valence-corrected chi connectivity index (χ4v) is 1.04. The number of aryl methyl sites for hydroxylation is 1. The molecule has 68 valence electrons. The number of aliphatic hydroxyl groups is 1. The van der Waals surface area contributed by atoms with E-state index >= 15 is 0 Å². The zero-order valence-electron chi connectivity index (χ0n) is 7.15. The summed E-state index contributed by atoms with van der Waals surface area (Å²) >= 11 is 0. The summed E-state index contributed by atoms with van der Waals surface area (Å²) in [6.45, 7) is 1.72. The number of oxazole rings is 1. The SMILES string of the molecule is Cc1ccc(-c2nc(CO)co2)o1. The molecule has 2 aromatic heterocycles. The monoisotopic (exact) mass is 179 g/mol. The predicted octanol–water partition coefficient (Wildman–Crippen LogP) is 1.74. The molecule has 0 aliphatic rings. The van der Waals surface area contributed by atoms with Crippen LogP contribution in [0.4, 0.5) is 0 Å². The van der Waals surface area contributed by atoms with Crippen LogP contribution in [0.1, 0.15) is 11.5 Å². The van der Waals surface area contributed by atoms with Gasteiger partial charge in [0.25, 0.3) is 5.89 Å². The van der Waals surface area contributed by atoms with Gasteiger partial charge in [-0.2, -0.15) is 0 Å². The van der Waals surface area contributed by atoms with E-state index in [1.54, 1.807) is 6.07 Å². The second-order valence-corrected chi connectivity index (χ2v) is 2.71. The van der Waals surface area contributed by atoms with E-state index in [4.69, 9.17) is 13.9 Å². The van der Waals surface area contributed by atoms with Gasteiger partial charge in [0.05, 0.1) is 6.61 Å². The molecule has 4 heteroatoms. The van der Waals surface area contributed by atoms with Crippen LogP contribution in [0.15, 0.2) is 27.2 Å². The summed E-state index contributed by atoms with van der Waals surface area (Å²) < 4.78 is 10.4. The van der Waals surface area contributed by atoms with Gasteiger partial charge in [0.2, 0.25) is 0 Å². The Morgan fingerprint density at radius 2 is 2.31 bits per heavy atom. The van der Waals surface area contributed by atoms with Gasteiger partial charge in [-0.05, 0) is 19.1 Å². The van der Waals surface area contributed by atoms with Crippen LogP contribution in [0.3, 0.4) is 0 Å². The molecule has 0 radical (unpaired) electrons. The van der Waals surface area contributed by atoms with Crippen LogP contribution < -0.4 is 0 Å². The summed E-state index contributed by atoms with van der Waals surface area (Å²) in [6, 6.07) is 3.61. The maximum atomic E-state index is 8.75. The molecule has 13 heavy (non-hydrogen) atoms. The summed E-state index contributed by atoms with van der Waals surface area (Å²) in [5.41, 5.74) is 0.504. The molecule has 4 nitrogen and oxygen atoms in total. The Bertz CT molecular complexity index is 402. The van der Waals surface area contributed by atoms with E-state index < -0.39 is 0 Å². The Kier molecular flexibility index (Phi) is 1.90. The highest BCUT2D eigenvalue weighted by Gasteiger charge is 2.08. The zero-order valence-corrected chi connectivity index (χ0v) is 7.15. The summed E-state index contributed by atoms with van der Waals surface area (Å²) in [5.74, 6) is 1.79. The highest BCUT2D eigenvalue weighted by molar-refractivity contribution is 5.44. The van der Waals surface area contributed by atoms with Crippen molar-refractivity contribution in [3.63, 3.8) is 0 Å². The minimum Gasteiger partial charge on any atom is -0.456 e. The van der Waals surface area contributed by atoms with E-state index in [1.807, 2.05) is 13.0 Å². The van der Waals surface area contributed by atoms with Gasteiger partial charge in [0, 0.05) is 0 Å². The standard InChI is InChI=1S/C9H9NO3/c1-6-2-3-8(13-6)9-10-7(4-11)5-12-9/h2-3,5,11H,4H2,1H3. The van der Waals surface area contributed by atoms with E-state index in [-0.39, 0.29) is 6.61 Å². The van der Waals surface area contributed by atoms with Crippen molar-refractivity contribution in [2.45, 2.75) is 13.5 Å². The Balaban J connectivity index is 2.35. The maximum absolute atomic E-state index is 8.75. The van der Waals surface area contributed by atoms with E-state index in [9.17, 15) is 0 Å². The molecule has 1 N–H and O–H groups in total. The number of aliphatic hydroxyl groups excluding tert-OH is 1. The Morgan fingerprint density at radius 1 is 1.46 bits per heavy atom. The van der Waals surface area contributed by atoms with Gasteiger partial charge in [-0.1, -0.05) is 0 Å². The van der Waals surface area contributed by atoms with Crippen LogP contribution in [-0.4, -0.2) is 10.1 Å². The van der Waals surface area contributed by atoms with Crippen molar-refractivity contribution < 1.29 is 13.9 Å². The number of furan rings is 1. The molecule has 0 spiro atoms. The van der Waals surface area contributed by atoms with Crippen molar-refractivity contribution in [2.75, 3.05) is 0 Å². The first-order valence-corrected chi connectivity index (χ1v) is 3.91. The van der Waals surface area contributed by atoms with Gasteiger partial charge in [-0.25, -0.2) is 4.98 Å². The molecular formula is C9H9NO3. The lowest BCUT2D eigenvalue weighted by molar-refractivity contribution is 0.276. The first kappa shape index (κ1) is 8.07. The molecular weight excluding hydrogens is 170 g/mol. The van der Waals surface area contributed by atoms with E-state index in [2.05, 4.69) is 4.98 Å². The third-order valence-corrected chi connectivity index (χ3v) is 1.66. The fraction of sp³-hybridized carbons (Fsp3) is 0.222. The van der Waals surface area contributed by atoms with Crippen molar-refractivity contribution in [1.29, 1.82) is 0 Å². The molecule has 0 aromatic carbocycles. The molecule has 0 atom stereocenters. The van der Waals surface area contributed by atoms with Gasteiger partial charge in [0.1, 0.15) is 17.7 Å². The summed E-state index contributed by atoms with van der Waals surface area (Å²) in [7, 11) is 0. The highest BCUT2D eigenvalue weighted by Crippen LogP contribution is 2.20. The van der Waals surface area contributed by atoms with Crippen molar-refractivity contribution in [1.82, 2.24) is 4.98 Å². The van der Waals surface area contributed by atoms with Crippen molar-refractivity contribution >= 4 is 0 Å². The van der Waals surface area contributed by atoms with Crippen LogP contribution >= 0.6 is 0 Å². The normalized spacial score (nSPS) is 10.6. The first-order valence-electron chi connectivity index (χ1n) is 3.91. The summed E-state index contributed by atoms with van der Waals surface area (Å²) in [6.07, 6.45) is 1.41. The Labute approximate surface area is 74.8 Å². The minimum absolute atomic E-state index is 0.122. The third kappa shape index (κ3) is 1.48. The second kappa shape index (κ2) is 3.06. The topological polar surface area (TPSA) is 59.4 Å². The fourth-order valence-electron chi connectivity index (χ4n) is 1.04. The Morgan fingerprint density at radius 3 is 2.85 bits per heavy atom. The van der Waals surface area contributed by atoms with E-state index in [0.29, 0.717) is 17.3 Å². The molecule has 0 fully saturated rings. The molecule has 0 bridgehead atoms. The van der Waals surface area contributed by atoms with Crippen molar-refractivity contribution in [3.05, 3.63) is 29.9 Å². The number of nitrogens with zero attached hydrogens (tertiary/aromatic N) is 1. The Hall–Kier alpha value is -1.55. The van der Waals surface area contributed by atoms with Gasteiger partial charge in [-0.3, -0.25) is 0 Å². The molecule has 0 aliphatic carbocycles. The average molecular weight is 179 g/mol. The minimum atomic E-state index is -0.122. The highest BCUT2D eigenvalue weighted by atomic mass is 16.4. The average Bonchev–Trinajstić information content (AvgIpc) is 2.71. The number of hydrogen-bond donors (Lipinski definition) is 1. The lowest BCUT2D eigenvalue weighted by atomic mass is 10.4. The van der Waals surface area contributed by atoms with E-state index in [1.165, 1.54) is 6.26 Å². The van der Waals surface area contributed by atoms with Gasteiger partial charge in [-0.15, -0.1) is 0 Å². The largest absolute Gasteiger partial charge is 0.456 e. The molecule has 0 amide bonds. The van der Waals surface area contributed by atoms with Gasteiger partial charge < -0.3 is 13.9 Å². The summed E-state index contributed by atoms with van der Waals surface area (Å²) in [4.78, 5) is 4.00. The van der Waals surface area contributed by atoms with E-state index in [0.717, 1.165) is 5.76 Å². The van der Waals surface area contributed by atoms with Crippen LogP contribution in [-0.2, 0) is 6.61 Å². The molecule has 0 aliphatic heterocycles. The van der Waals surface area contributed by atoms with Crippen LogP contribution in [0.5, 0.6) is 0 Å².